The van der Waals surface area contributed by atoms with Crippen LogP contribution in [0.5, 0.6) is 11.5 Å². The lowest BCUT2D eigenvalue weighted by Crippen LogP contribution is -2.14. The van der Waals surface area contributed by atoms with E-state index in [1.807, 2.05) is 18.2 Å². The maximum Gasteiger partial charge on any atom is 0.275 e. The van der Waals surface area contributed by atoms with Crippen molar-refractivity contribution >= 4 is 29.0 Å². The first-order valence-electron chi connectivity index (χ1n) is 8.19. The molecule has 27 heavy (non-hydrogen) atoms. The van der Waals surface area contributed by atoms with E-state index < -0.39 is 0 Å². The second-order valence-corrected chi connectivity index (χ2v) is 6.23. The number of aromatic nitrogens is 2. The van der Waals surface area contributed by atoms with E-state index in [2.05, 4.69) is 20.6 Å². The molecule has 3 aromatic rings. The molecule has 0 spiro atoms. The van der Waals surface area contributed by atoms with Gasteiger partial charge in [-0.15, -0.1) is 0 Å². The Hall–Kier alpha value is -3.32. The first kappa shape index (κ1) is 17.1. The van der Waals surface area contributed by atoms with Gasteiger partial charge in [-0.1, -0.05) is 17.7 Å². The number of anilines is 2. The average molecular weight is 383 g/mol. The number of fused-ring (bicyclic) bond motifs is 1. The molecule has 0 radical (unpaired) electrons. The molecule has 0 atom stereocenters. The van der Waals surface area contributed by atoms with E-state index >= 15 is 0 Å². The van der Waals surface area contributed by atoms with E-state index in [1.54, 1.807) is 24.3 Å². The molecule has 0 bridgehead atoms. The van der Waals surface area contributed by atoms with Crippen molar-refractivity contribution in [3.05, 3.63) is 71.1 Å². The number of nitrogens with one attached hydrogen (secondary N) is 2. The summed E-state index contributed by atoms with van der Waals surface area (Å²) in [5.41, 5.74) is 1.88. The van der Waals surface area contributed by atoms with Gasteiger partial charge in [-0.25, -0.2) is 9.97 Å². The topological polar surface area (TPSA) is 85.4 Å². The summed E-state index contributed by atoms with van der Waals surface area (Å²) in [6.07, 6.45) is 2.94. The number of carbonyl (C=O) groups excluding carboxylic acids is 1. The number of halogens is 1. The normalized spacial score (nSPS) is 11.9. The van der Waals surface area contributed by atoms with Gasteiger partial charge in [0, 0.05) is 17.3 Å². The number of ether oxygens (including phenoxy) is 2. The molecule has 136 valence electrons. The first-order valence-corrected chi connectivity index (χ1v) is 8.56. The minimum Gasteiger partial charge on any atom is -0.454 e. The van der Waals surface area contributed by atoms with E-state index in [1.165, 1.54) is 12.4 Å². The third kappa shape index (κ3) is 4.09. The Balaban J connectivity index is 1.35. The van der Waals surface area contributed by atoms with Gasteiger partial charge in [-0.2, -0.15) is 0 Å². The van der Waals surface area contributed by atoms with Crippen LogP contribution in [0.2, 0.25) is 5.02 Å². The van der Waals surface area contributed by atoms with Crippen molar-refractivity contribution in [1.82, 2.24) is 9.97 Å². The van der Waals surface area contributed by atoms with Gasteiger partial charge in [-0.05, 0) is 42.0 Å². The number of rotatable bonds is 5. The Morgan fingerprint density at radius 1 is 1.04 bits per heavy atom. The molecule has 0 fully saturated rings. The Bertz CT molecular complexity index is 962. The fraction of sp³-hybridized carbons (Fsp3) is 0.105. The summed E-state index contributed by atoms with van der Waals surface area (Å²) < 4.78 is 10.6. The number of carbonyl (C=O) groups is 1. The highest BCUT2D eigenvalue weighted by atomic mass is 35.5. The molecule has 2 aromatic carbocycles. The van der Waals surface area contributed by atoms with Crippen molar-refractivity contribution in [3.8, 4) is 11.5 Å². The summed E-state index contributed by atoms with van der Waals surface area (Å²) in [6.45, 7) is 0.791. The number of amides is 1. The Kier molecular flexibility index (Phi) is 4.76. The molecular formula is C19H15ClN4O3. The van der Waals surface area contributed by atoms with Gasteiger partial charge < -0.3 is 20.1 Å². The van der Waals surface area contributed by atoms with Crippen LogP contribution in [0, 0.1) is 0 Å². The van der Waals surface area contributed by atoms with E-state index in [0.717, 1.165) is 17.1 Å². The number of benzene rings is 2. The lowest BCUT2D eigenvalue weighted by molar-refractivity contribution is 0.102. The van der Waals surface area contributed by atoms with E-state index in [4.69, 9.17) is 21.1 Å². The van der Waals surface area contributed by atoms with Crippen LogP contribution in [0.4, 0.5) is 11.5 Å². The van der Waals surface area contributed by atoms with Crippen LogP contribution in [0.3, 0.4) is 0 Å². The Morgan fingerprint density at radius 2 is 1.85 bits per heavy atom. The molecule has 2 N–H and O–H groups in total. The molecule has 4 rings (SSSR count). The summed E-state index contributed by atoms with van der Waals surface area (Å²) in [4.78, 5) is 20.6. The van der Waals surface area contributed by atoms with Gasteiger partial charge in [0.25, 0.3) is 5.91 Å². The lowest BCUT2D eigenvalue weighted by atomic mass is 10.2. The van der Waals surface area contributed by atoms with Gasteiger partial charge >= 0.3 is 0 Å². The zero-order chi connectivity index (χ0) is 18.6. The van der Waals surface area contributed by atoms with Gasteiger partial charge in [0.05, 0.1) is 12.4 Å². The maximum atomic E-state index is 12.2. The predicted octanol–water partition coefficient (Wildman–Crippen LogP) is 3.72. The summed E-state index contributed by atoms with van der Waals surface area (Å²) in [7, 11) is 0. The van der Waals surface area contributed by atoms with Crippen molar-refractivity contribution in [3.63, 3.8) is 0 Å². The minimum atomic E-state index is -0.341. The molecule has 1 aromatic heterocycles. The summed E-state index contributed by atoms with van der Waals surface area (Å²) in [6, 6.07) is 12.6. The van der Waals surface area contributed by atoms with Crippen LogP contribution in [0.1, 0.15) is 16.1 Å². The minimum absolute atomic E-state index is 0.221. The van der Waals surface area contributed by atoms with Gasteiger partial charge in [-0.3, -0.25) is 4.79 Å². The SMILES string of the molecule is O=C(Nc1ccc(Cl)cc1)c1cnc(NCc2ccc3c(c2)OCO3)cn1. The third-order valence-electron chi connectivity index (χ3n) is 3.90. The summed E-state index contributed by atoms with van der Waals surface area (Å²) in [5, 5.41) is 6.50. The fourth-order valence-electron chi connectivity index (χ4n) is 2.51. The zero-order valence-corrected chi connectivity index (χ0v) is 14.9. The first-order chi connectivity index (χ1) is 13.2. The Labute approximate surface area is 160 Å². The summed E-state index contributed by atoms with van der Waals surface area (Å²) >= 11 is 5.83. The van der Waals surface area contributed by atoms with Crippen LogP contribution in [-0.2, 0) is 6.54 Å². The Morgan fingerprint density at radius 3 is 2.63 bits per heavy atom. The van der Waals surface area contributed by atoms with Crippen LogP contribution in [0.15, 0.2) is 54.9 Å². The standard InChI is InChI=1S/C19H15ClN4O3/c20-13-2-4-14(5-3-13)24-19(25)15-9-23-18(10-21-15)22-8-12-1-6-16-17(7-12)27-11-26-16/h1-7,9-10H,8,11H2,(H,22,23)(H,24,25). The second-order valence-electron chi connectivity index (χ2n) is 5.79. The number of nitrogens with zero attached hydrogens (tertiary/aromatic N) is 2. The number of hydrogen-bond acceptors (Lipinski definition) is 6. The average Bonchev–Trinajstić information content (AvgIpc) is 3.16. The van der Waals surface area contributed by atoms with Gasteiger partial charge in [0.2, 0.25) is 6.79 Å². The molecule has 8 heteroatoms. The van der Waals surface area contributed by atoms with Crippen LogP contribution in [-0.4, -0.2) is 22.7 Å². The van der Waals surface area contributed by atoms with Crippen molar-refractivity contribution < 1.29 is 14.3 Å². The third-order valence-corrected chi connectivity index (χ3v) is 4.15. The molecule has 7 nitrogen and oxygen atoms in total. The predicted molar refractivity (Wildman–Crippen MR) is 101 cm³/mol. The lowest BCUT2D eigenvalue weighted by Gasteiger charge is -2.08. The highest BCUT2D eigenvalue weighted by molar-refractivity contribution is 6.30. The molecule has 0 aliphatic carbocycles. The van der Waals surface area contributed by atoms with Crippen LogP contribution < -0.4 is 20.1 Å². The molecule has 0 saturated carbocycles. The molecule has 1 aliphatic heterocycles. The molecule has 1 aliphatic rings. The number of hydrogen-bond donors (Lipinski definition) is 2. The smallest absolute Gasteiger partial charge is 0.275 e. The van der Waals surface area contributed by atoms with Crippen LogP contribution in [0.25, 0.3) is 0 Å². The highest BCUT2D eigenvalue weighted by Crippen LogP contribution is 2.32. The van der Waals surface area contributed by atoms with Crippen molar-refractivity contribution in [2.45, 2.75) is 6.54 Å². The second kappa shape index (κ2) is 7.51. The monoisotopic (exact) mass is 382 g/mol. The van der Waals surface area contributed by atoms with Gasteiger partial charge in [0.15, 0.2) is 11.5 Å². The molecule has 0 saturated heterocycles. The molecule has 2 heterocycles. The van der Waals surface area contributed by atoms with Crippen LogP contribution >= 0.6 is 11.6 Å². The maximum absolute atomic E-state index is 12.2. The van der Waals surface area contributed by atoms with Gasteiger partial charge in [0.1, 0.15) is 11.5 Å². The van der Waals surface area contributed by atoms with E-state index in [9.17, 15) is 4.79 Å². The molecule has 0 unspecified atom stereocenters. The quantitative estimate of drug-likeness (QED) is 0.699. The van der Waals surface area contributed by atoms with Crippen molar-refractivity contribution in [2.24, 2.45) is 0 Å². The largest absolute Gasteiger partial charge is 0.454 e. The summed E-state index contributed by atoms with van der Waals surface area (Å²) in [5.74, 6) is 1.70. The zero-order valence-electron chi connectivity index (χ0n) is 14.1. The molecular weight excluding hydrogens is 368 g/mol. The highest BCUT2D eigenvalue weighted by Gasteiger charge is 2.13. The van der Waals surface area contributed by atoms with Crippen molar-refractivity contribution in [2.75, 3.05) is 17.4 Å². The van der Waals surface area contributed by atoms with E-state index in [0.29, 0.717) is 23.1 Å². The van der Waals surface area contributed by atoms with E-state index in [-0.39, 0.29) is 18.4 Å². The van der Waals surface area contributed by atoms with Crippen molar-refractivity contribution in [1.29, 1.82) is 0 Å². The fourth-order valence-corrected chi connectivity index (χ4v) is 2.63. The molecule has 1 amide bonds.